The van der Waals surface area contributed by atoms with Gasteiger partial charge in [-0.05, 0) is 30.7 Å². The standard InChI is InChI=1S/C18H20N4O2/c1-12(19-11-13-6-4-3-5-7-13)17-20-15-10-14(18(23)21-24)8-9-16(15)22(17)2/h3-10,12,19,24H,11H2,1-2H3,(H,21,23)/t12-/m1/s1. The van der Waals surface area contributed by atoms with E-state index in [2.05, 4.69) is 29.4 Å². The molecule has 124 valence electrons. The molecule has 0 radical (unpaired) electrons. The average molecular weight is 324 g/mol. The summed E-state index contributed by atoms with van der Waals surface area (Å²) in [5.74, 6) is 0.349. The van der Waals surface area contributed by atoms with Crippen LogP contribution in [0.3, 0.4) is 0 Å². The van der Waals surface area contributed by atoms with Gasteiger partial charge in [0.25, 0.3) is 5.91 Å². The molecular formula is C18H20N4O2. The number of fused-ring (bicyclic) bond motifs is 1. The zero-order valence-electron chi connectivity index (χ0n) is 13.7. The summed E-state index contributed by atoms with van der Waals surface area (Å²) in [4.78, 5) is 16.2. The summed E-state index contributed by atoms with van der Waals surface area (Å²) in [5, 5.41) is 12.2. The molecule has 0 aliphatic heterocycles. The van der Waals surface area contributed by atoms with Crippen molar-refractivity contribution in [1.29, 1.82) is 0 Å². The number of hydroxylamine groups is 1. The van der Waals surface area contributed by atoms with Gasteiger partial charge in [0.2, 0.25) is 0 Å². The van der Waals surface area contributed by atoms with Crippen molar-refractivity contribution in [1.82, 2.24) is 20.3 Å². The molecule has 3 rings (SSSR count). The quantitative estimate of drug-likeness (QED) is 0.498. The molecule has 0 aliphatic rings. The first-order valence-electron chi connectivity index (χ1n) is 7.78. The number of hydrogen-bond donors (Lipinski definition) is 3. The molecule has 24 heavy (non-hydrogen) atoms. The van der Waals surface area contributed by atoms with E-state index in [1.807, 2.05) is 35.9 Å². The Hall–Kier alpha value is -2.70. The third-order valence-electron chi connectivity index (χ3n) is 4.12. The van der Waals surface area contributed by atoms with Crippen LogP contribution < -0.4 is 10.8 Å². The van der Waals surface area contributed by atoms with Crippen LogP contribution in [-0.4, -0.2) is 20.7 Å². The number of nitrogens with zero attached hydrogens (tertiary/aromatic N) is 2. The number of amides is 1. The molecule has 0 bridgehead atoms. The van der Waals surface area contributed by atoms with Gasteiger partial charge in [-0.3, -0.25) is 10.0 Å². The van der Waals surface area contributed by atoms with Gasteiger partial charge >= 0.3 is 0 Å². The fraction of sp³-hybridized carbons (Fsp3) is 0.222. The van der Waals surface area contributed by atoms with Gasteiger partial charge in [0.1, 0.15) is 5.82 Å². The molecule has 0 saturated carbocycles. The molecule has 6 heteroatoms. The lowest BCUT2D eigenvalue weighted by Crippen LogP contribution is -2.21. The fourth-order valence-electron chi connectivity index (χ4n) is 2.77. The second-order valence-electron chi connectivity index (χ2n) is 5.76. The third-order valence-corrected chi connectivity index (χ3v) is 4.12. The van der Waals surface area contributed by atoms with E-state index in [0.29, 0.717) is 5.56 Å². The largest absolute Gasteiger partial charge is 0.330 e. The molecule has 1 aromatic heterocycles. The van der Waals surface area contributed by atoms with E-state index in [0.717, 1.165) is 23.4 Å². The Morgan fingerprint density at radius 3 is 2.71 bits per heavy atom. The van der Waals surface area contributed by atoms with Crippen molar-refractivity contribution in [3.8, 4) is 0 Å². The predicted octanol–water partition coefficient (Wildman–Crippen LogP) is 2.54. The van der Waals surface area contributed by atoms with Crippen LogP contribution in [0.4, 0.5) is 0 Å². The van der Waals surface area contributed by atoms with E-state index in [4.69, 9.17) is 5.21 Å². The summed E-state index contributed by atoms with van der Waals surface area (Å²) in [7, 11) is 1.96. The molecule has 0 fully saturated rings. The van der Waals surface area contributed by atoms with Crippen LogP contribution in [0.1, 0.15) is 34.7 Å². The lowest BCUT2D eigenvalue weighted by molar-refractivity contribution is 0.0706. The first-order chi connectivity index (χ1) is 11.6. The normalized spacial score (nSPS) is 12.3. The van der Waals surface area contributed by atoms with Crippen molar-refractivity contribution >= 4 is 16.9 Å². The Morgan fingerprint density at radius 1 is 1.25 bits per heavy atom. The van der Waals surface area contributed by atoms with Crippen molar-refractivity contribution in [2.45, 2.75) is 19.5 Å². The molecule has 0 unspecified atom stereocenters. The number of imidazole rings is 1. The van der Waals surface area contributed by atoms with E-state index in [1.165, 1.54) is 5.56 Å². The summed E-state index contributed by atoms with van der Waals surface area (Å²) in [5.41, 5.74) is 4.89. The molecule has 0 spiro atoms. The Morgan fingerprint density at radius 2 is 2.00 bits per heavy atom. The first-order valence-corrected chi connectivity index (χ1v) is 7.78. The summed E-state index contributed by atoms with van der Waals surface area (Å²) >= 11 is 0. The first kappa shape index (κ1) is 16.2. The molecule has 3 aromatic rings. The number of aromatic nitrogens is 2. The van der Waals surface area contributed by atoms with Crippen LogP contribution in [-0.2, 0) is 13.6 Å². The average Bonchev–Trinajstić information content (AvgIpc) is 2.96. The van der Waals surface area contributed by atoms with Crippen molar-refractivity contribution in [2.24, 2.45) is 7.05 Å². The topological polar surface area (TPSA) is 79.2 Å². The fourth-order valence-corrected chi connectivity index (χ4v) is 2.77. The maximum absolute atomic E-state index is 11.5. The number of carbonyl (C=O) groups excluding carboxylic acids is 1. The van der Waals surface area contributed by atoms with E-state index >= 15 is 0 Å². The molecule has 1 amide bonds. The second kappa shape index (κ2) is 6.82. The van der Waals surface area contributed by atoms with E-state index in [9.17, 15) is 4.79 Å². The minimum atomic E-state index is -0.542. The predicted molar refractivity (Wildman–Crippen MR) is 91.7 cm³/mol. The minimum absolute atomic E-state index is 0.0534. The highest BCUT2D eigenvalue weighted by molar-refractivity contribution is 5.96. The van der Waals surface area contributed by atoms with Crippen molar-refractivity contribution in [3.05, 3.63) is 65.5 Å². The second-order valence-corrected chi connectivity index (χ2v) is 5.76. The van der Waals surface area contributed by atoms with E-state index < -0.39 is 5.91 Å². The summed E-state index contributed by atoms with van der Waals surface area (Å²) in [6.07, 6.45) is 0. The van der Waals surface area contributed by atoms with Crippen LogP contribution >= 0.6 is 0 Å². The Labute approximate surface area is 140 Å². The lowest BCUT2D eigenvalue weighted by Gasteiger charge is -2.13. The van der Waals surface area contributed by atoms with Crippen LogP contribution in [0, 0.1) is 0 Å². The minimum Gasteiger partial charge on any atom is -0.330 e. The number of carbonyl (C=O) groups is 1. The highest BCUT2D eigenvalue weighted by Crippen LogP contribution is 2.21. The molecule has 1 atom stereocenters. The Balaban J connectivity index is 1.83. The monoisotopic (exact) mass is 324 g/mol. The molecule has 0 saturated heterocycles. The Kier molecular flexibility index (Phi) is 4.59. The lowest BCUT2D eigenvalue weighted by atomic mass is 10.2. The highest BCUT2D eigenvalue weighted by atomic mass is 16.5. The zero-order chi connectivity index (χ0) is 17.1. The third kappa shape index (κ3) is 3.15. The summed E-state index contributed by atoms with van der Waals surface area (Å²) in [6.45, 7) is 2.81. The van der Waals surface area contributed by atoms with E-state index in [1.54, 1.807) is 17.6 Å². The molecule has 3 N–H and O–H groups in total. The van der Waals surface area contributed by atoms with Crippen LogP contribution in [0.25, 0.3) is 11.0 Å². The maximum atomic E-state index is 11.5. The van der Waals surface area contributed by atoms with Crippen LogP contribution in [0.15, 0.2) is 48.5 Å². The number of nitrogens with one attached hydrogen (secondary N) is 2. The zero-order valence-corrected chi connectivity index (χ0v) is 13.7. The van der Waals surface area contributed by atoms with Crippen LogP contribution in [0.5, 0.6) is 0 Å². The van der Waals surface area contributed by atoms with Crippen molar-refractivity contribution in [3.63, 3.8) is 0 Å². The van der Waals surface area contributed by atoms with Gasteiger partial charge in [0, 0.05) is 19.2 Å². The van der Waals surface area contributed by atoms with Gasteiger partial charge in [-0.25, -0.2) is 10.5 Å². The van der Waals surface area contributed by atoms with Crippen molar-refractivity contribution in [2.75, 3.05) is 0 Å². The van der Waals surface area contributed by atoms with Gasteiger partial charge < -0.3 is 9.88 Å². The molecule has 0 aliphatic carbocycles. The highest BCUT2D eigenvalue weighted by Gasteiger charge is 2.15. The molecule has 1 heterocycles. The summed E-state index contributed by atoms with van der Waals surface area (Å²) < 4.78 is 2.01. The van der Waals surface area contributed by atoms with Gasteiger partial charge in [0.15, 0.2) is 0 Å². The number of benzene rings is 2. The molecular weight excluding hydrogens is 304 g/mol. The molecule has 6 nitrogen and oxygen atoms in total. The van der Waals surface area contributed by atoms with Crippen LogP contribution in [0.2, 0.25) is 0 Å². The summed E-state index contributed by atoms with van der Waals surface area (Å²) in [6, 6.07) is 15.4. The maximum Gasteiger partial charge on any atom is 0.274 e. The van der Waals surface area contributed by atoms with Gasteiger partial charge in [0.05, 0.1) is 17.1 Å². The van der Waals surface area contributed by atoms with Gasteiger partial charge in [-0.2, -0.15) is 0 Å². The Bertz CT molecular complexity index is 858. The van der Waals surface area contributed by atoms with E-state index in [-0.39, 0.29) is 6.04 Å². The van der Waals surface area contributed by atoms with Gasteiger partial charge in [-0.1, -0.05) is 30.3 Å². The SMILES string of the molecule is C[C@@H](NCc1ccccc1)c1nc2cc(C(=O)NO)ccc2n1C. The van der Waals surface area contributed by atoms with Crippen molar-refractivity contribution < 1.29 is 10.0 Å². The number of aryl methyl sites for hydroxylation is 1. The van der Waals surface area contributed by atoms with Gasteiger partial charge in [-0.15, -0.1) is 0 Å². The molecule has 2 aromatic carbocycles. The smallest absolute Gasteiger partial charge is 0.274 e. The number of hydrogen-bond acceptors (Lipinski definition) is 4. The number of rotatable bonds is 5.